The third kappa shape index (κ3) is 3.50. The Kier molecular flexibility index (Phi) is 4.90. The molecule has 1 heterocycles. The summed E-state index contributed by atoms with van der Waals surface area (Å²) in [6.45, 7) is 0. The van der Waals surface area contributed by atoms with Gasteiger partial charge in [-0.05, 0) is 24.3 Å². The van der Waals surface area contributed by atoms with Crippen LogP contribution in [-0.2, 0) is 9.59 Å². The number of nitrogens with zero attached hydrogens (tertiary/aromatic N) is 1. The van der Waals surface area contributed by atoms with Crippen molar-refractivity contribution in [2.75, 3.05) is 0 Å². The molecule has 0 saturated heterocycles. The molecule has 3 rings (SSSR count). The Morgan fingerprint density at radius 3 is 2.32 bits per heavy atom. The molecule has 0 atom stereocenters. The lowest BCUT2D eigenvalue weighted by molar-refractivity contribution is -0.191. The van der Waals surface area contributed by atoms with Gasteiger partial charge in [0.15, 0.2) is 5.76 Å². The van der Waals surface area contributed by atoms with E-state index in [1.165, 1.54) is 18.3 Å². The van der Waals surface area contributed by atoms with Crippen LogP contribution >= 0.6 is 0 Å². The Labute approximate surface area is 124 Å². The second-order valence-corrected chi connectivity index (χ2v) is 4.10. The van der Waals surface area contributed by atoms with Crippen LogP contribution in [0.5, 0.6) is 0 Å². The number of aromatic nitrogens is 1. The van der Waals surface area contributed by atoms with Gasteiger partial charge in [0, 0.05) is 11.6 Å². The summed E-state index contributed by atoms with van der Waals surface area (Å²) in [6, 6.07) is 12.6. The first-order valence-electron chi connectivity index (χ1n) is 6.11. The maximum Gasteiger partial charge on any atom is 0.373 e. The monoisotopic (exact) mass is 301 g/mol. The van der Waals surface area contributed by atoms with Crippen molar-refractivity contribution in [1.29, 1.82) is 0 Å². The second-order valence-electron chi connectivity index (χ2n) is 4.10. The zero-order valence-electron chi connectivity index (χ0n) is 11.1. The molecule has 0 saturated carbocycles. The Balaban J connectivity index is 0.000000545. The highest BCUT2D eigenvalue weighted by Gasteiger charge is 2.12. The fraction of sp³-hybridized carbons (Fsp3) is 0. The van der Waals surface area contributed by atoms with E-state index in [-0.39, 0.29) is 17.5 Å². The van der Waals surface area contributed by atoms with E-state index in [9.17, 15) is 8.78 Å². The molecule has 0 amide bonds. The summed E-state index contributed by atoms with van der Waals surface area (Å²) in [5.41, 5.74) is 0.993. The molecule has 0 bridgehead atoms. The van der Waals surface area contributed by atoms with Crippen LogP contribution in [0.2, 0.25) is 0 Å². The van der Waals surface area contributed by atoms with Gasteiger partial charge in [0.05, 0.1) is 11.8 Å². The number of rotatable bonds is 2. The standard InChI is InChI=1S/C15H9F2NO.CO2/c16-11-6-7-12(13(17)8-11)14-9-18-15(19-14)10-4-2-1-3-5-10;2-1-3/h1-9H;. The molecule has 4 nitrogen and oxygen atoms in total. The number of oxazole rings is 1. The lowest BCUT2D eigenvalue weighted by Crippen LogP contribution is -1.84. The number of hydrogen-bond acceptors (Lipinski definition) is 4. The van der Waals surface area contributed by atoms with Gasteiger partial charge in [-0.3, -0.25) is 0 Å². The molecule has 0 aliphatic carbocycles. The molecule has 3 aromatic rings. The van der Waals surface area contributed by atoms with Crippen molar-refractivity contribution in [1.82, 2.24) is 4.98 Å². The molecule has 1 aromatic heterocycles. The van der Waals surface area contributed by atoms with E-state index in [1.54, 1.807) is 0 Å². The van der Waals surface area contributed by atoms with E-state index in [1.807, 2.05) is 30.3 Å². The van der Waals surface area contributed by atoms with Crippen molar-refractivity contribution < 1.29 is 22.8 Å². The van der Waals surface area contributed by atoms with E-state index >= 15 is 0 Å². The summed E-state index contributed by atoms with van der Waals surface area (Å²) in [6.07, 6.45) is 1.68. The van der Waals surface area contributed by atoms with Gasteiger partial charge in [0.1, 0.15) is 11.6 Å². The van der Waals surface area contributed by atoms with E-state index in [2.05, 4.69) is 4.98 Å². The Hall–Kier alpha value is -3.11. The first-order chi connectivity index (χ1) is 10.7. The molecule has 0 aliphatic heterocycles. The minimum absolute atomic E-state index is 0.191. The molecule has 0 aliphatic rings. The van der Waals surface area contributed by atoms with E-state index in [0.29, 0.717) is 5.89 Å². The SMILES string of the molecule is Fc1ccc(-c2cnc(-c3ccccc3)o2)c(F)c1.O=C=O. The van der Waals surface area contributed by atoms with Crippen molar-refractivity contribution in [3.05, 3.63) is 66.4 Å². The van der Waals surface area contributed by atoms with E-state index < -0.39 is 11.6 Å². The molecule has 22 heavy (non-hydrogen) atoms. The molecule has 6 heteroatoms. The van der Waals surface area contributed by atoms with Crippen molar-refractivity contribution in [3.63, 3.8) is 0 Å². The number of benzene rings is 2. The van der Waals surface area contributed by atoms with E-state index in [4.69, 9.17) is 14.0 Å². The van der Waals surface area contributed by atoms with Crippen LogP contribution in [0, 0.1) is 11.6 Å². The van der Waals surface area contributed by atoms with Crippen molar-refractivity contribution in [2.45, 2.75) is 0 Å². The van der Waals surface area contributed by atoms with Gasteiger partial charge in [-0.15, -0.1) is 0 Å². The maximum atomic E-state index is 13.6. The zero-order chi connectivity index (χ0) is 15.9. The van der Waals surface area contributed by atoms with Gasteiger partial charge < -0.3 is 4.42 Å². The molecular weight excluding hydrogens is 292 g/mol. The van der Waals surface area contributed by atoms with Crippen LogP contribution in [-0.4, -0.2) is 11.1 Å². The fourth-order valence-electron chi connectivity index (χ4n) is 1.80. The highest BCUT2D eigenvalue weighted by atomic mass is 19.1. The predicted molar refractivity (Wildman–Crippen MR) is 72.3 cm³/mol. The van der Waals surface area contributed by atoms with E-state index in [0.717, 1.165) is 11.6 Å². The van der Waals surface area contributed by atoms with Gasteiger partial charge >= 0.3 is 6.15 Å². The molecule has 0 unspecified atom stereocenters. The third-order valence-electron chi connectivity index (χ3n) is 2.72. The van der Waals surface area contributed by atoms with Crippen LogP contribution in [0.4, 0.5) is 8.78 Å². The molecule has 110 valence electrons. The van der Waals surface area contributed by atoms with Gasteiger partial charge in [0.2, 0.25) is 5.89 Å². The van der Waals surface area contributed by atoms with Gasteiger partial charge in [-0.25, -0.2) is 13.8 Å². The van der Waals surface area contributed by atoms with Crippen LogP contribution in [0.1, 0.15) is 0 Å². The minimum atomic E-state index is -0.671. The summed E-state index contributed by atoms with van der Waals surface area (Å²) >= 11 is 0. The molecule has 0 spiro atoms. The lowest BCUT2D eigenvalue weighted by atomic mass is 10.2. The molecule has 0 radical (unpaired) electrons. The fourth-order valence-corrected chi connectivity index (χ4v) is 1.80. The van der Waals surface area contributed by atoms with Crippen molar-refractivity contribution in [3.8, 4) is 22.8 Å². The summed E-state index contributed by atoms with van der Waals surface area (Å²) in [5, 5.41) is 0. The van der Waals surface area contributed by atoms with Gasteiger partial charge in [-0.2, -0.15) is 9.59 Å². The smallest absolute Gasteiger partial charge is 0.373 e. The summed E-state index contributed by atoms with van der Waals surface area (Å²) in [4.78, 5) is 20.3. The van der Waals surface area contributed by atoms with Gasteiger partial charge in [-0.1, -0.05) is 18.2 Å². The van der Waals surface area contributed by atoms with Crippen LogP contribution < -0.4 is 0 Å². The Morgan fingerprint density at radius 1 is 1.00 bits per heavy atom. The molecular formula is C16H9F2NO3. The van der Waals surface area contributed by atoms with Crippen LogP contribution in [0.25, 0.3) is 22.8 Å². The first kappa shape index (κ1) is 15.3. The predicted octanol–water partition coefficient (Wildman–Crippen LogP) is 3.70. The Bertz CT molecular complexity index is 794. The van der Waals surface area contributed by atoms with Crippen LogP contribution in [0.3, 0.4) is 0 Å². The maximum absolute atomic E-state index is 13.6. The molecule has 0 fully saturated rings. The summed E-state index contributed by atoms with van der Waals surface area (Å²) in [5.74, 6) is -0.615. The first-order valence-corrected chi connectivity index (χ1v) is 6.11. The average Bonchev–Trinajstić information content (AvgIpc) is 2.98. The van der Waals surface area contributed by atoms with Crippen molar-refractivity contribution in [2.24, 2.45) is 0 Å². The minimum Gasteiger partial charge on any atom is -0.436 e. The molecule has 2 aromatic carbocycles. The molecule has 0 N–H and O–H groups in total. The van der Waals surface area contributed by atoms with Crippen LogP contribution in [0.15, 0.2) is 59.1 Å². The van der Waals surface area contributed by atoms with Crippen molar-refractivity contribution >= 4 is 6.15 Å². The third-order valence-corrected chi connectivity index (χ3v) is 2.72. The quantitative estimate of drug-likeness (QED) is 0.724. The highest BCUT2D eigenvalue weighted by molar-refractivity contribution is 5.61. The lowest BCUT2D eigenvalue weighted by Gasteiger charge is -1.99. The topological polar surface area (TPSA) is 60.2 Å². The highest BCUT2D eigenvalue weighted by Crippen LogP contribution is 2.27. The summed E-state index contributed by atoms with van der Waals surface area (Å²) < 4.78 is 32.0. The largest absolute Gasteiger partial charge is 0.436 e. The second kappa shape index (κ2) is 7.06. The zero-order valence-corrected chi connectivity index (χ0v) is 11.1. The number of halogens is 2. The average molecular weight is 301 g/mol. The number of hydrogen-bond donors (Lipinski definition) is 0. The normalized spacial score (nSPS) is 9.55. The summed E-state index contributed by atoms with van der Waals surface area (Å²) in [7, 11) is 0. The van der Waals surface area contributed by atoms with Gasteiger partial charge in [0.25, 0.3) is 0 Å². The Morgan fingerprint density at radius 2 is 1.68 bits per heavy atom. The number of carbonyl (C=O) groups excluding carboxylic acids is 2.